The van der Waals surface area contributed by atoms with Crippen LogP contribution in [0.25, 0.3) is 33.7 Å². The fourth-order valence-electron chi connectivity index (χ4n) is 8.86. The van der Waals surface area contributed by atoms with E-state index in [1.165, 1.54) is 70.3 Å². The average Bonchev–Trinajstić information content (AvgIpc) is 3.91. The molecule has 6 aromatic rings. The van der Waals surface area contributed by atoms with E-state index in [2.05, 4.69) is 62.4 Å². The predicted molar refractivity (Wildman–Crippen MR) is 261 cm³/mol. The molecule has 2 aliphatic rings. The van der Waals surface area contributed by atoms with Crippen molar-refractivity contribution in [2.45, 2.75) is 96.3 Å². The summed E-state index contributed by atoms with van der Waals surface area (Å²) in [5.41, 5.74) is 2.70. The molecule has 0 saturated carbocycles. The molecular formula is C57H62O8. The van der Waals surface area contributed by atoms with Crippen LogP contribution in [0, 0.1) is 0 Å². The summed E-state index contributed by atoms with van der Waals surface area (Å²) >= 11 is 0. The standard InChI is InChI=1S/C57H62O8/c1-3-5-7-9-11-13-33-59-48-30-28-44-36-42(23-26-46(44)38-48)18-17-35-63-65-53-22-16-20-51-56(53)57(41-62-51)40-61-50-19-15-21-52(55(50)57)64-54(58)32-25-43-24-27-47-39-49(31-29-45(47)37-43)60-34-14-12-10-8-6-4-2/h15-32,36-39H,3-14,33-35,40-41H2,1-2H3/b18-17+,32-25+. The molecule has 65 heavy (non-hydrogen) atoms. The maximum atomic E-state index is 13.4. The van der Waals surface area contributed by atoms with E-state index in [4.69, 9.17) is 33.5 Å². The van der Waals surface area contributed by atoms with Gasteiger partial charge in [0.05, 0.1) is 24.3 Å². The molecular weight excluding hydrogens is 813 g/mol. The minimum Gasteiger partial charge on any atom is -0.494 e. The lowest BCUT2D eigenvalue weighted by Gasteiger charge is -2.23. The molecule has 0 saturated heterocycles. The van der Waals surface area contributed by atoms with Crippen LogP contribution in [0.15, 0.2) is 121 Å². The third kappa shape index (κ3) is 11.5. The second-order valence-corrected chi connectivity index (χ2v) is 17.2. The van der Waals surface area contributed by atoms with Crippen LogP contribution < -0.4 is 28.6 Å². The van der Waals surface area contributed by atoms with Crippen molar-refractivity contribution >= 4 is 39.7 Å². The van der Waals surface area contributed by atoms with E-state index in [-0.39, 0.29) is 19.8 Å². The van der Waals surface area contributed by atoms with Crippen LogP contribution in [-0.2, 0) is 15.1 Å². The number of esters is 1. The van der Waals surface area contributed by atoms with Crippen molar-refractivity contribution in [2.24, 2.45) is 0 Å². The molecule has 2 heterocycles. The van der Waals surface area contributed by atoms with E-state index in [1.54, 1.807) is 12.1 Å². The van der Waals surface area contributed by atoms with Crippen LogP contribution >= 0.6 is 0 Å². The van der Waals surface area contributed by atoms with Gasteiger partial charge in [-0.05, 0) is 112 Å². The number of benzene rings is 6. The molecule has 0 aromatic heterocycles. The quantitative estimate of drug-likeness (QED) is 0.0149. The van der Waals surface area contributed by atoms with Crippen LogP contribution in [0.3, 0.4) is 0 Å². The summed E-state index contributed by atoms with van der Waals surface area (Å²) in [4.78, 5) is 25.2. The summed E-state index contributed by atoms with van der Waals surface area (Å²) in [6, 6.07) is 36.0. The smallest absolute Gasteiger partial charge is 0.336 e. The molecule has 0 bridgehead atoms. The van der Waals surface area contributed by atoms with Gasteiger partial charge in [0, 0.05) is 6.08 Å². The van der Waals surface area contributed by atoms with Gasteiger partial charge in [-0.15, -0.1) is 0 Å². The van der Waals surface area contributed by atoms with Gasteiger partial charge in [-0.2, -0.15) is 4.89 Å². The second-order valence-electron chi connectivity index (χ2n) is 17.2. The van der Waals surface area contributed by atoms with Gasteiger partial charge in [-0.25, -0.2) is 4.79 Å². The number of hydrogen-bond donors (Lipinski definition) is 0. The first-order chi connectivity index (χ1) is 32.0. The molecule has 0 N–H and O–H groups in total. The number of hydrogen-bond acceptors (Lipinski definition) is 8. The lowest BCUT2D eigenvalue weighted by Crippen LogP contribution is -2.32. The first-order valence-corrected chi connectivity index (χ1v) is 23.7. The lowest BCUT2D eigenvalue weighted by molar-refractivity contribution is -0.196. The fourth-order valence-corrected chi connectivity index (χ4v) is 8.86. The Hall–Kier alpha value is -6.25. The third-order valence-corrected chi connectivity index (χ3v) is 12.3. The summed E-state index contributed by atoms with van der Waals surface area (Å²) < 4.78 is 30.6. The summed E-state index contributed by atoms with van der Waals surface area (Å²) in [7, 11) is 0. The largest absolute Gasteiger partial charge is 0.494 e. The Labute approximate surface area is 384 Å². The van der Waals surface area contributed by atoms with E-state index in [0.29, 0.717) is 23.0 Å². The van der Waals surface area contributed by atoms with Gasteiger partial charge in [0.2, 0.25) is 0 Å². The molecule has 0 amide bonds. The molecule has 0 aliphatic carbocycles. The zero-order chi connectivity index (χ0) is 44.7. The molecule has 338 valence electrons. The topological polar surface area (TPSA) is 81.7 Å². The Morgan fingerprint density at radius 3 is 1.68 bits per heavy atom. The molecule has 6 aromatic carbocycles. The molecule has 1 unspecified atom stereocenters. The first kappa shape index (κ1) is 45.3. The van der Waals surface area contributed by atoms with Crippen molar-refractivity contribution in [3.63, 3.8) is 0 Å². The molecule has 1 spiro atoms. The van der Waals surface area contributed by atoms with Crippen LogP contribution in [0.4, 0.5) is 0 Å². The minimum absolute atomic E-state index is 0.217. The van der Waals surface area contributed by atoms with E-state index in [1.807, 2.05) is 66.7 Å². The maximum absolute atomic E-state index is 13.4. The highest BCUT2D eigenvalue weighted by molar-refractivity contribution is 5.91. The third-order valence-electron chi connectivity index (χ3n) is 12.3. The fraction of sp³-hybridized carbons (Fsp3) is 0.351. The number of ether oxygens (including phenoxy) is 5. The summed E-state index contributed by atoms with van der Waals surface area (Å²) in [5, 5.41) is 4.43. The maximum Gasteiger partial charge on any atom is 0.336 e. The van der Waals surface area contributed by atoms with Gasteiger partial charge in [0.15, 0.2) is 5.75 Å². The summed E-state index contributed by atoms with van der Waals surface area (Å²) in [5.74, 6) is 3.50. The molecule has 8 rings (SSSR count). The normalized spacial score (nSPS) is 15.1. The number of carbonyl (C=O) groups is 1. The molecule has 8 heteroatoms. The highest BCUT2D eigenvalue weighted by Gasteiger charge is 2.53. The Bertz CT molecular complexity index is 2590. The Balaban J connectivity index is 0.863. The van der Waals surface area contributed by atoms with Crippen molar-refractivity contribution in [1.82, 2.24) is 0 Å². The molecule has 8 nitrogen and oxygen atoms in total. The zero-order valence-electron chi connectivity index (χ0n) is 38.0. The summed E-state index contributed by atoms with van der Waals surface area (Å²) in [6.07, 6.45) is 22.0. The van der Waals surface area contributed by atoms with Crippen molar-refractivity contribution in [3.8, 4) is 34.5 Å². The van der Waals surface area contributed by atoms with Gasteiger partial charge in [0.25, 0.3) is 0 Å². The van der Waals surface area contributed by atoms with Crippen LogP contribution in [0.5, 0.6) is 34.5 Å². The first-order valence-electron chi connectivity index (χ1n) is 23.7. The van der Waals surface area contributed by atoms with Crippen molar-refractivity contribution in [2.75, 3.05) is 33.0 Å². The second kappa shape index (κ2) is 22.6. The van der Waals surface area contributed by atoms with Gasteiger partial charge >= 0.3 is 5.97 Å². The Morgan fingerprint density at radius 1 is 0.569 bits per heavy atom. The molecule has 1 atom stereocenters. The van der Waals surface area contributed by atoms with E-state index >= 15 is 0 Å². The zero-order valence-corrected chi connectivity index (χ0v) is 38.0. The number of carbonyl (C=O) groups excluding carboxylic acids is 1. The minimum atomic E-state index is -0.777. The van der Waals surface area contributed by atoms with E-state index in [0.717, 1.165) is 81.4 Å². The van der Waals surface area contributed by atoms with Gasteiger partial charge in [0.1, 0.15) is 54.0 Å². The number of fused-ring (bicyclic) bond motifs is 6. The Kier molecular flexibility index (Phi) is 15.7. The monoisotopic (exact) mass is 874 g/mol. The highest BCUT2D eigenvalue weighted by atomic mass is 17.2. The van der Waals surface area contributed by atoms with Gasteiger partial charge < -0.3 is 28.6 Å². The predicted octanol–water partition coefficient (Wildman–Crippen LogP) is 14.2. The average molecular weight is 875 g/mol. The van der Waals surface area contributed by atoms with Crippen LogP contribution in [-0.4, -0.2) is 39.0 Å². The van der Waals surface area contributed by atoms with Crippen molar-refractivity contribution in [1.29, 1.82) is 0 Å². The summed E-state index contributed by atoms with van der Waals surface area (Å²) in [6.45, 7) is 6.76. The SMILES string of the molecule is CCCCCCCCOc1ccc2cc(/C=C/COOc3cccc4c3C3(CO4)COc4cccc(OC(=O)/C=C/c5ccc6cc(OCCCCCCCC)ccc6c5)c43)ccc2c1. The van der Waals surface area contributed by atoms with E-state index in [9.17, 15) is 4.79 Å². The van der Waals surface area contributed by atoms with Gasteiger partial charge in [-0.3, -0.25) is 0 Å². The molecule has 2 aliphatic heterocycles. The van der Waals surface area contributed by atoms with Crippen LogP contribution in [0.1, 0.15) is 113 Å². The Morgan fingerprint density at radius 2 is 1.08 bits per heavy atom. The van der Waals surface area contributed by atoms with Crippen molar-refractivity contribution in [3.05, 3.63) is 144 Å². The van der Waals surface area contributed by atoms with Crippen molar-refractivity contribution < 1.29 is 38.3 Å². The number of unbranched alkanes of at least 4 members (excludes halogenated alkanes) is 10. The van der Waals surface area contributed by atoms with Crippen LogP contribution in [0.2, 0.25) is 0 Å². The van der Waals surface area contributed by atoms with Gasteiger partial charge in [-0.1, -0.05) is 139 Å². The molecule has 0 fully saturated rings. The number of rotatable bonds is 24. The lowest BCUT2D eigenvalue weighted by atomic mass is 9.77. The highest BCUT2D eigenvalue weighted by Crippen LogP contribution is 2.56. The molecule has 0 radical (unpaired) electrons. The van der Waals surface area contributed by atoms with E-state index < -0.39 is 11.4 Å².